The second-order valence-corrected chi connectivity index (χ2v) is 7.35. The third-order valence-corrected chi connectivity index (χ3v) is 5.79. The van der Waals surface area contributed by atoms with Gasteiger partial charge in [-0.3, -0.25) is 5.10 Å². The molecule has 1 aliphatic rings. The Hall–Kier alpha value is -0.920. The molecule has 0 bridgehead atoms. The number of hydrogen-bond acceptors (Lipinski definition) is 4. The van der Waals surface area contributed by atoms with Crippen molar-refractivity contribution in [3.8, 4) is 0 Å². The van der Waals surface area contributed by atoms with E-state index in [9.17, 15) is 8.42 Å². The van der Waals surface area contributed by atoms with Crippen LogP contribution < -0.4 is 5.73 Å². The molecule has 3 N–H and O–H groups in total. The molecule has 108 valence electrons. The Kier molecular flexibility index (Phi) is 3.98. The highest BCUT2D eigenvalue weighted by Gasteiger charge is 2.36. The lowest BCUT2D eigenvalue weighted by Gasteiger charge is -2.17. The molecule has 0 spiro atoms. The van der Waals surface area contributed by atoms with Gasteiger partial charge in [-0.25, -0.2) is 8.42 Å². The van der Waals surface area contributed by atoms with E-state index in [1.165, 1.54) is 4.31 Å². The van der Waals surface area contributed by atoms with Crippen molar-refractivity contribution in [3.05, 3.63) is 11.3 Å². The molecule has 0 amide bonds. The van der Waals surface area contributed by atoms with Gasteiger partial charge >= 0.3 is 0 Å². The Labute approximate surface area is 114 Å². The lowest BCUT2D eigenvalue weighted by atomic mass is 9.96. The monoisotopic (exact) mass is 286 g/mol. The molecule has 0 aromatic carbocycles. The normalized spacial score (nSPS) is 21.4. The first-order valence-electron chi connectivity index (χ1n) is 6.62. The van der Waals surface area contributed by atoms with Crippen LogP contribution in [0.4, 0.5) is 0 Å². The van der Waals surface area contributed by atoms with E-state index in [0.717, 1.165) is 12.1 Å². The van der Waals surface area contributed by atoms with Gasteiger partial charge in [0.25, 0.3) is 10.0 Å². The zero-order valence-electron chi connectivity index (χ0n) is 11.7. The van der Waals surface area contributed by atoms with Gasteiger partial charge < -0.3 is 5.73 Å². The minimum absolute atomic E-state index is 0.0944. The highest BCUT2D eigenvalue weighted by atomic mass is 32.2. The molecule has 1 unspecified atom stereocenters. The van der Waals surface area contributed by atoms with Gasteiger partial charge in [0.05, 0.1) is 0 Å². The summed E-state index contributed by atoms with van der Waals surface area (Å²) in [6.07, 6.45) is 0.915. The molecule has 1 aromatic rings. The molecule has 1 atom stereocenters. The summed E-state index contributed by atoms with van der Waals surface area (Å²) >= 11 is 0. The third kappa shape index (κ3) is 2.54. The first-order valence-corrected chi connectivity index (χ1v) is 8.06. The van der Waals surface area contributed by atoms with Gasteiger partial charge in [-0.1, -0.05) is 13.8 Å². The van der Waals surface area contributed by atoms with Crippen LogP contribution in [-0.2, 0) is 16.6 Å². The van der Waals surface area contributed by atoms with Crippen LogP contribution in [0.25, 0.3) is 0 Å². The highest BCUT2D eigenvalue weighted by molar-refractivity contribution is 7.89. The molecular formula is C12H22N4O2S. The van der Waals surface area contributed by atoms with E-state index in [-0.39, 0.29) is 11.6 Å². The van der Waals surface area contributed by atoms with Crippen molar-refractivity contribution < 1.29 is 8.42 Å². The van der Waals surface area contributed by atoms with E-state index < -0.39 is 10.0 Å². The Balaban J connectivity index is 2.29. The van der Waals surface area contributed by atoms with Gasteiger partial charge in [0.1, 0.15) is 0 Å². The molecule has 1 aliphatic heterocycles. The highest BCUT2D eigenvalue weighted by Crippen LogP contribution is 2.29. The van der Waals surface area contributed by atoms with Crippen LogP contribution in [0.2, 0.25) is 0 Å². The Morgan fingerprint density at radius 3 is 2.74 bits per heavy atom. The average molecular weight is 286 g/mol. The van der Waals surface area contributed by atoms with Crippen LogP contribution in [0, 0.1) is 18.8 Å². The van der Waals surface area contributed by atoms with E-state index in [4.69, 9.17) is 5.73 Å². The molecule has 0 saturated carbocycles. The van der Waals surface area contributed by atoms with E-state index in [1.54, 1.807) is 6.92 Å². The van der Waals surface area contributed by atoms with E-state index in [1.807, 2.05) is 0 Å². The van der Waals surface area contributed by atoms with Crippen LogP contribution in [0.15, 0.2) is 5.03 Å². The Bertz CT molecular complexity index is 550. The summed E-state index contributed by atoms with van der Waals surface area (Å²) in [4.78, 5) is 0. The molecule has 1 saturated heterocycles. The van der Waals surface area contributed by atoms with Crippen LogP contribution in [-0.4, -0.2) is 36.0 Å². The first-order chi connectivity index (χ1) is 8.87. The molecule has 0 radical (unpaired) electrons. The number of nitrogens with one attached hydrogen (secondary N) is 1. The largest absolute Gasteiger partial charge is 0.326 e. The SMILES string of the molecule is Cc1[nH]nc(S(=O)(=O)N2CCC(C(C)C)C2)c1CN. The summed E-state index contributed by atoms with van der Waals surface area (Å²) in [5.41, 5.74) is 6.94. The molecule has 2 rings (SSSR count). The second kappa shape index (κ2) is 5.22. The zero-order valence-corrected chi connectivity index (χ0v) is 12.5. The average Bonchev–Trinajstić information content (AvgIpc) is 2.95. The number of hydrogen-bond donors (Lipinski definition) is 2. The Morgan fingerprint density at radius 2 is 2.21 bits per heavy atom. The number of nitrogens with zero attached hydrogens (tertiary/aromatic N) is 2. The quantitative estimate of drug-likeness (QED) is 0.858. The summed E-state index contributed by atoms with van der Waals surface area (Å²) in [7, 11) is -3.52. The molecule has 1 fully saturated rings. The van der Waals surface area contributed by atoms with Crippen LogP contribution in [0.5, 0.6) is 0 Å². The van der Waals surface area contributed by atoms with Crippen LogP contribution in [0.3, 0.4) is 0 Å². The molecular weight excluding hydrogens is 264 g/mol. The van der Waals surface area contributed by atoms with E-state index >= 15 is 0 Å². The predicted molar refractivity (Wildman–Crippen MR) is 72.9 cm³/mol. The van der Waals surface area contributed by atoms with Crippen molar-refractivity contribution in [2.75, 3.05) is 13.1 Å². The van der Waals surface area contributed by atoms with E-state index in [2.05, 4.69) is 24.0 Å². The van der Waals surface area contributed by atoms with Crippen molar-refractivity contribution in [2.45, 2.75) is 38.8 Å². The number of rotatable bonds is 4. The van der Waals surface area contributed by atoms with Gasteiger partial charge in [0.15, 0.2) is 5.03 Å². The summed E-state index contributed by atoms with van der Waals surface area (Å²) in [6, 6.07) is 0. The van der Waals surface area contributed by atoms with Crippen molar-refractivity contribution >= 4 is 10.0 Å². The number of H-pyrrole nitrogens is 1. The van der Waals surface area contributed by atoms with Crippen LogP contribution in [0.1, 0.15) is 31.5 Å². The van der Waals surface area contributed by atoms with Crippen molar-refractivity contribution in [2.24, 2.45) is 17.6 Å². The van der Waals surface area contributed by atoms with Gasteiger partial charge in [0, 0.05) is 30.9 Å². The maximum atomic E-state index is 12.6. The number of aromatic nitrogens is 2. The fourth-order valence-corrected chi connectivity index (χ4v) is 4.21. The summed E-state index contributed by atoms with van der Waals surface area (Å²) < 4.78 is 26.7. The van der Waals surface area contributed by atoms with Gasteiger partial charge in [-0.05, 0) is 25.2 Å². The fourth-order valence-electron chi connectivity index (χ4n) is 2.52. The van der Waals surface area contributed by atoms with Crippen molar-refractivity contribution in [1.29, 1.82) is 0 Å². The summed E-state index contributed by atoms with van der Waals surface area (Å²) in [5, 5.41) is 6.75. The maximum absolute atomic E-state index is 12.6. The molecule has 0 aliphatic carbocycles. The van der Waals surface area contributed by atoms with Crippen LogP contribution >= 0.6 is 0 Å². The number of nitrogens with two attached hydrogens (primary N) is 1. The molecule has 7 heteroatoms. The second-order valence-electron chi connectivity index (χ2n) is 5.49. The smallest absolute Gasteiger partial charge is 0.262 e. The predicted octanol–water partition coefficient (Wildman–Crippen LogP) is 0.843. The third-order valence-electron chi connectivity index (χ3n) is 3.95. The lowest BCUT2D eigenvalue weighted by molar-refractivity contribution is 0.388. The van der Waals surface area contributed by atoms with Gasteiger partial charge in [-0.15, -0.1) is 0 Å². The molecule has 6 nitrogen and oxygen atoms in total. The lowest BCUT2D eigenvalue weighted by Crippen LogP contribution is -2.30. The van der Waals surface area contributed by atoms with Crippen molar-refractivity contribution in [1.82, 2.24) is 14.5 Å². The minimum Gasteiger partial charge on any atom is -0.326 e. The number of aryl methyl sites for hydroxylation is 1. The van der Waals surface area contributed by atoms with Gasteiger partial charge in [0.2, 0.25) is 0 Å². The zero-order chi connectivity index (χ0) is 14.2. The maximum Gasteiger partial charge on any atom is 0.262 e. The van der Waals surface area contributed by atoms with Gasteiger partial charge in [-0.2, -0.15) is 9.40 Å². The molecule has 19 heavy (non-hydrogen) atoms. The number of aromatic amines is 1. The summed E-state index contributed by atoms with van der Waals surface area (Å²) in [6.45, 7) is 7.38. The standard InChI is InChI=1S/C12H22N4O2S/c1-8(2)10-4-5-16(7-10)19(17,18)12-11(6-13)9(3)14-15-12/h8,10H,4-7,13H2,1-3H3,(H,14,15). The first kappa shape index (κ1) is 14.5. The number of sulfonamides is 1. The van der Waals surface area contributed by atoms with Crippen molar-refractivity contribution in [3.63, 3.8) is 0 Å². The molecule has 2 heterocycles. The summed E-state index contributed by atoms with van der Waals surface area (Å²) in [5.74, 6) is 0.922. The molecule has 1 aromatic heterocycles. The fraction of sp³-hybridized carbons (Fsp3) is 0.750. The van der Waals surface area contributed by atoms with E-state index in [0.29, 0.717) is 30.5 Å². The Morgan fingerprint density at radius 1 is 1.53 bits per heavy atom. The minimum atomic E-state index is -3.52. The topological polar surface area (TPSA) is 92.1 Å².